The molecule has 4 amide bonds. The lowest BCUT2D eigenvalue weighted by Gasteiger charge is -2.28. The van der Waals surface area contributed by atoms with Gasteiger partial charge in [0, 0.05) is 48.9 Å². The Kier molecular flexibility index (Phi) is 22.0. The van der Waals surface area contributed by atoms with Crippen molar-refractivity contribution in [2.24, 2.45) is 11.8 Å². The van der Waals surface area contributed by atoms with Crippen molar-refractivity contribution in [1.82, 2.24) is 31.7 Å². The van der Waals surface area contributed by atoms with E-state index in [1.165, 1.54) is 0 Å². The summed E-state index contributed by atoms with van der Waals surface area (Å²) in [6.07, 6.45) is 0.750. The summed E-state index contributed by atoms with van der Waals surface area (Å²) < 4.78 is 16.7. The molecular formula is C41H72N6O7S. The number of hydrazine groups is 1. The maximum atomic E-state index is 13.8. The van der Waals surface area contributed by atoms with E-state index in [0.717, 1.165) is 17.0 Å². The van der Waals surface area contributed by atoms with Crippen molar-refractivity contribution in [3.05, 3.63) is 84.9 Å². The highest BCUT2D eigenvalue weighted by Crippen LogP contribution is 2.12. The van der Waals surface area contributed by atoms with Crippen molar-refractivity contribution in [3.8, 4) is 0 Å². The number of carbonyl (C=O) groups is 5. The van der Waals surface area contributed by atoms with Crippen LogP contribution < -0.4 is 26.7 Å². The number of benzene rings is 2. The number of amides is 4. The molecule has 0 unspecified atom stereocenters. The number of ether oxygens (including phenoxy) is 1. The number of ketones is 1. The molecule has 14 heteroatoms. The Hall–Kier alpha value is -4.24. The second kappa shape index (κ2) is 25.8. The molecule has 13 nitrogen and oxygen atoms in total. The van der Waals surface area contributed by atoms with E-state index < -0.39 is 58.7 Å². The quantitative estimate of drug-likeness (QED) is 0.105. The van der Waals surface area contributed by atoms with Gasteiger partial charge in [-0.15, -0.1) is 13.2 Å². The molecule has 2 aliphatic rings. The Balaban J connectivity index is -0.00000134. The van der Waals surface area contributed by atoms with Gasteiger partial charge >= 0.3 is 0 Å². The van der Waals surface area contributed by atoms with Crippen molar-refractivity contribution in [3.63, 3.8) is 0 Å². The molecule has 2 aliphatic heterocycles. The first-order valence-electron chi connectivity index (χ1n) is 19.0. The summed E-state index contributed by atoms with van der Waals surface area (Å²) in [6.45, 7) is 17.5. The second-order valence-corrected chi connectivity index (χ2v) is 16.2. The van der Waals surface area contributed by atoms with Gasteiger partial charge in [0.25, 0.3) is 0 Å². The third-order valence-electron chi connectivity index (χ3n) is 8.24. The zero-order chi connectivity index (χ0) is 40.8. The third kappa shape index (κ3) is 19.8. The minimum absolute atomic E-state index is 0. The van der Waals surface area contributed by atoms with Crippen molar-refractivity contribution in [2.45, 2.75) is 84.5 Å². The maximum absolute atomic E-state index is 13.8. The van der Waals surface area contributed by atoms with E-state index >= 15 is 0 Å². The van der Waals surface area contributed by atoms with Crippen LogP contribution in [0.25, 0.3) is 0 Å². The largest absolute Gasteiger partial charge is 0.365 e. The molecule has 2 fully saturated rings. The number of hydrogen-bond acceptors (Lipinski definition) is 9. The Morgan fingerprint density at radius 2 is 1.31 bits per heavy atom. The summed E-state index contributed by atoms with van der Waals surface area (Å²) in [6, 6.07) is 15.8. The van der Waals surface area contributed by atoms with Gasteiger partial charge in [-0.3, -0.25) is 28.2 Å². The van der Waals surface area contributed by atoms with E-state index in [4.69, 9.17) is 4.74 Å². The van der Waals surface area contributed by atoms with Gasteiger partial charge in [-0.1, -0.05) is 95.3 Å². The van der Waals surface area contributed by atoms with E-state index in [2.05, 4.69) is 60.6 Å². The highest BCUT2D eigenvalue weighted by molar-refractivity contribution is 7.85. The summed E-state index contributed by atoms with van der Waals surface area (Å²) in [7, 11) is -0.854. The first-order chi connectivity index (χ1) is 26.3. The van der Waals surface area contributed by atoms with Crippen molar-refractivity contribution in [1.29, 1.82) is 0 Å². The highest BCUT2D eigenvalue weighted by Gasteiger charge is 2.33. The number of epoxide rings is 1. The van der Waals surface area contributed by atoms with Crippen LogP contribution in [0.3, 0.4) is 0 Å². The predicted molar refractivity (Wildman–Crippen MR) is 228 cm³/mol. The lowest BCUT2D eigenvalue weighted by molar-refractivity contribution is -0.134. The molecule has 55 heavy (non-hydrogen) atoms. The number of aryl methyl sites for hydroxylation is 1. The predicted octanol–water partition coefficient (Wildman–Crippen LogP) is 3.71. The van der Waals surface area contributed by atoms with Gasteiger partial charge < -0.3 is 26.0 Å². The Bertz CT molecular complexity index is 1520. The van der Waals surface area contributed by atoms with Gasteiger partial charge in [0.1, 0.15) is 24.2 Å². The van der Waals surface area contributed by atoms with Gasteiger partial charge in [0.15, 0.2) is 5.78 Å². The van der Waals surface area contributed by atoms with Gasteiger partial charge in [-0.05, 0) is 42.2 Å². The standard InChI is InChI=1S/C35H48N6O7S.C4H10.C2H4.5H2/c1-24(2)19-28(35(46)40-29(20-26-11-7-4-8-12-26)33(44)36-21-30(42)31-23-48-31)39-34(45)27(14-13-25-9-5-3-6-10-25)38-32(43)22-37-41-15-17-49(47)18-16-41;1-4(2)3;1-2;;;;;/h3-12,24,27-29,31,37H,13-23H2,1-2H3,(H,36,44)(H,38,43)(H,39,45)(H,40,46);4H,1-3H3;1-2H2;5*1H/t27-,28-,29-,31+;;;;;;;/m0......./s1. The fourth-order valence-corrected chi connectivity index (χ4v) is 6.45. The van der Waals surface area contributed by atoms with Crippen LogP contribution in [-0.2, 0) is 52.4 Å². The average Bonchev–Trinajstić information content (AvgIpc) is 4.02. The van der Waals surface area contributed by atoms with Crippen LogP contribution in [0, 0.1) is 11.8 Å². The molecule has 0 aromatic heterocycles. The minimum atomic E-state index is -1.01. The average molecular weight is 793 g/mol. The fraction of sp³-hybridized carbons (Fsp3) is 0.537. The summed E-state index contributed by atoms with van der Waals surface area (Å²) in [5.74, 6) is -0.334. The van der Waals surface area contributed by atoms with Crippen LogP contribution in [0.1, 0.15) is 65.7 Å². The molecule has 2 heterocycles. The molecule has 2 saturated heterocycles. The first kappa shape index (κ1) is 46.9. The zero-order valence-corrected chi connectivity index (χ0v) is 34.0. The summed E-state index contributed by atoms with van der Waals surface area (Å²) >= 11 is 0. The van der Waals surface area contributed by atoms with E-state index in [1.54, 1.807) is 0 Å². The molecule has 0 spiro atoms. The molecule has 0 aliphatic carbocycles. The number of carbonyl (C=O) groups excluding carboxylic acids is 5. The smallest absolute Gasteiger partial charge is 0.243 e. The molecule has 314 valence electrons. The number of rotatable bonds is 19. The molecule has 4 atom stereocenters. The Morgan fingerprint density at radius 1 is 0.782 bits per heavy atom. The number of hydrogen-bond donors (Lipinski definition) is 5. The molecule has 0 radical (unpaired) electrons. The molecule has 2 aromatic rings. The maximum Gasteiger partial charge on any atom is 0.243 e. The molecule has 5 N–H and O–H groups in total. The van der Waals surface area contributed by atoms with Crippen LogP contribution in [0.2, 0.25) is 0 Å². The lowest BCUT2D eigenvalue weighted by Crippen LogP contribution is -2.58. The normalized spacial score (nSPS) is 16.9. The minimum Gasteiger partial charge on any atom is -0.365 e. The topological polar surface area (TPSA) is 178 Å². The fourth-order valence-electron chi connectivity index (χ4n) is 5.40. The molecule has 2 aromatic carbocycles. The monoisotopic (exact) mass is 793 g/mol. The van der Waals surface area contributed by atoms with Gasteiger partial charge in [-0.25, -0.2) is 10.4 Å². The summed E-state index contributed by atoms with van der Waals surface area (Å²) in [4.78, 5) is 66.0. The van der Waals surface area contributed by atoms with Gasteiger partial charge in [0.2, 0.25) is 23.6 Å². The highest BCUT2D eigenvalue weighted by atomic mass is 32.2. The van der Waals surface area contributed by atoms with Crippen LogP contribution >= 0.6 is 0 Å². The van der Waals surface area contributed by atoms with Crippen LogP contribution in [0.4, 0.5) is 0 Å². The van der Waals surface area contributed by atoms with E-state index in [9.17, 15) is 28.2 Å². The van der Waals surface area contributed by atoms with Crippen molar-refractivity contribution >= 4 is 40.2 Å². The van der Waals surface area contributed by atoms with E-state index in [0.29, 0.717) is 37.6 Å². The summed E-state index contributed by atoms with van der Waals surface area (Å²) in [5.41, 5.74) is 4.85. The van der Waals surface area contributed by atoms with Crippen molar-refractivity contribution < 1.29 is 40.1 Å². The lowest BCUT2D eigenvalue weighted by atomic mass is 9.99. The van der Waals surface area contributed by atoms with Gasteiger partial charge in [-0.2, -0.15) is 0 Å². The first-order valence-corrected chi connectivity index (χ1v) is 20.5. The van der Waals surface area contributed by atoms with Crippen molar-refractivity contribution in [2.75, 3.05) is 44.3 Å². The SMILES string of the molecule is C=C.CC(C)C.CC(C)C[C@H](NC(=O)[C@H](CCc1ccccc1)NC(=O)CNN1CCS(=O)CC1)C(=O)N[C@@H](Cc1ccccc1)C(=O)NCC(=O)[C@H]1CO1.[HH].[HH].[HH].[HH].[HH]. The molecular weight excluding hydrogens is 721 g/mol. The number of nitrogens with zero attached hydrogens (tertiary/aromatic N) is 1. The van der Waals surface area contributed by atoms with E-state index in [-0.39, 0.29) is 51.2 Å². The number of nitrogens with one attached hydrogen (secondary N) is 5. The second-order valence-electron chi connectivity index (χ2n) is 14.5. The third-order valence-corrected chi connectivity index (χ3v) is 9.52. The molecule has 0 bridgehead atoms. The zero-order valence-electron chi connectivity index (χ0n) is 33.1. The summed E-state index contributed by atoms with van der Waals surface area (Å²) in [5, 5.41) is 13.0. The van der Waals surface area contributed by atoms with Crippen LogP contribution in [0.15, 0.2) is 73.8 Å². The van der Waals surface area contributed by atoms with Crippen LogP contribution in [-0.4, -0.2) is 107 Å². The molecule has 0 saturated carbocycles. The molecule has 4 rings (SSSR count). The van der Waals surface area contributed by atoms with E-state index in [1.807, 2.05) is 79.5 Å². The van der Waals surface area contributed by atoms with Gasteiger partial charge in [0.05, 0.1) is 19.7 Å². The van der Waals surface area contributed by atoms with Crippen LogP contribution in [0.5, 0.6) is 0 Å². The number of Topliss-reactive ketones (excluding diaryl/α,β-unsaturated/α-hetero) is 1. The Morgan fingerprint density at radius 3 is 1.85 bits per heavy atom. The Labute approximate surface area is 337 Å².